The number of furan rings is 1. The summed E-state index contributed by atoms with van der Waals surface area (Å²) in [5.74, 6) is -0.504. The van der Waals surface area contributed by atoms with Gasteiger partial charge >= 0.3 is 0 Å². The SMILES string of the molecule is CC(C)(C)c1coc(C(=O)C=O)c1. The highest BCUT2D eigenvalue weighted by molar-refractivity contribution is 6.32. The first kappa shape index (κ1) is 9.71. The first-order valence-electron chi connectivity index (χ1n) is 4.03. The fourth-order valence-electron chi connectivity index (χ4n) is 0.917. The Bertz CT molecular complexity index is 328. The van der Waals surface area contributed by atoms with E-state index in [1.54, 1.807) is 6.07 Å². The molecular weight excluding hydrogens is 168 g/mol. The highest BCUT2D eigenvalue weighted by atomic mass is 16.3. The number of hydrogen-bond donors (Lipinski definition) is 0. The van der Waals surface area contributed by atoms with E-state index < -0.39 is 5.78 Å². The number of Topliss-reactive ketones (excluding diaryl/α,β-unsaturated/α-hetero) is 1. The largest absolute Gasteiger partial charge is 0.460 e. The Labute approximate surface area is 76.7 Å². The minimum atomic E-state index is -0.615. The van der Waals surface area contributed by atoms with Crippen LogP contribution in [0.25, 0.3) is 0 Å². The summed E-state index contributed by atoms with van der Waals surface area (Å²) >= 11 is 0. The van der Waals surface area contributed by atoms with Crippen LogP contribution in [0.2, 0.25) is 0 Å². The van der Waals surface area contributed by atoms with Crippen LogP contribution in [-0.2, 0) is 10.2 Å². The Balaban J connectivity index is 3.00. The minimum Gasteiger partial charge on any atom is -0.460 e. The van der Waals surface area contributed by atoms with Crippen LogP contribution in [0, 0.1) is 0 Å². The van der Waals surface area contributed by atoms with E-state index in [0.29, 0.717) is 0 Å². The molecule has 1 aromatic rings. The van der Waals surface area contributed by atoms with Gasteiger partial charge in [-0.2, -0.15) is 0 Å². The molecular formula is C10H12O3. The zero-order valence-electron chi connectivity index (χ0n) is 7.96. The third-order valence-corrected chi connectivity index (χ3v) is 1.82. The lowest BCUT2D eigenvalue weighted by Crippen LogP contribution is -2.09. The van der Waals surface area contributed by atoms with Gasteiger partial charge in [0.2, 0.25) is 0 Å². The first-order valence-corrected chi connectivity index (χ1v) is 4.03. The van der Waals surface area contributed by atoms with Crippen molar-refractivity contribution in [3.63, 3.8) is 0 Å². The van der Waals surface area contributed by atoms with E-state index in [1.165, 1.54) is 6.26 Å². The van der Waals surface area contributed by atoms with Gasteiger partial charge in [-0.3, -0.25) is 9.59 Å². The Kier molecular flexibility index (Phi) is 2.36. The second-order valence-corrected chi connectivity index (χ2v) is 3.93. The molecule has 0 aliphatic heterocycles. The van der Waals surface area contributed by atoms with Crippen LogP contribution in [0.15, 0.2) is 16.7 Å². The third-order valence-electron chi connectivity index (χ3n) is 1.82. The molecule has 13 heavy (non-hydrogen) atoms. The van der Waals surface area contributed by atoms with Crippen molar-refractivity contribution in [1.82, 2.24) is 0 Å². The molecule has 0 atom stereocenters. The van der Waals surface area contributed by atoms with Gasteiger partial charge in [-0.25, -0.2) is 0 Å². The molecule has 0 saturated heterocycles. The van der Waals surface area contributed by atoms with Crippen molar-refractivity contribution in [2.75, 3.05) is 0 Å². The van der Waals surface area contributed by atoms with E-state index in [-0.39, 0.29) is 17.5 Å². The van der Waals surface area contributed by atoms with Crippen molar-refractivity contribution in [2.45, 2.75) is 26.2 Å². The second kappa shape index (κ2) is 3.17. The maximum absolute atomic E-state index is 10.9. The molecule has 0 aliphatic carbocycles. The molecule has 70 valence electrons. The van der Waals surface area contributed by atoms with Crippen molar-refractivity contribution in [3.8, 4) is 0 Å². The lowest BCUT2D eigenvalue weighted by Gasteiger charge is -2.14. The zero-order valence-corrected chi connectivity index (χ0v) is 7.96. The summed E-state index contributed by atoms with van der Waals surface area (Å²) in [6, 6.07) is 1.61. The molecule has 0 N–H and O–H groups in total. The summed E-state index contributed by atoms with van der Waals surface area (Å²) in [6.45, 7) is 6.02. The van der Waals surface area contributed by atoms with Gasteiger partial charge in [-0.1, -0.05) is 20.8 Å². The van der Waals surface area contributed by atoms with Crippen LogP contribution in [0.4, 0.5) is 0 Å². The number of hydrogen-bond acceptors (Lipinski definition) is 3. The molecule has 1 heterocycles. The first-order chi connectivity index (χ1) is 5.95. The van der Waals surface area contributed by atoms with Crippen LogP contribution in [0.3, 0.4) is 0 Å². The van der Waals surface area contributed by atoms with E-state index in [4.69, 9.17) is 4.42 Å². The maximum Gasteiger partial charge on any atom is 0.260 e. The molecule has 0 aromatic carbocycles. The number of carbonyl (C=O) groups is 2. The molecule has 3 heteroatoms. The van der Waals surface area contributed by atoms with Gasteiger partial charge in [-0.15, -0.1) is 0 Å². The predicted molar refractivity (Wildman–Crippen MR) is 47.8 cm³/mol. The molecule has 1 rings (SSSR count). The van der Waals surface area contributed by atoms with Gasteiger partial charge in [-0.05, 0) is 17.0 Å². The van der Waals surface area contributed by atoms with Crippen LogP contribution in [0.1, 0.15) is 36.9 Å². The van der Waals surface area contributed by atoms with Crippen molar-refractivity contribution in [1.29, 1.82) is 0 Å². The Morgan fingerprint density at radius 1 is 1.46 bits per heavy atom. The topological polar surface area (TPSA) is 47.3 Å². The molecule has 0 unspecified atom stereocenters. The van der Waals surface area contributed by atoms with Gasteiger partial charge in [0.15, 0.2) is 12.0 Å². The van der Waals surface area contributed by atoms with Gasteiger partial charge in [0, 0.05) is 0 Å². The van der Waals surface area contributed by atoms with Crippen LogP contribution in [0.5, 0.6) is 0 Å². The van der Waals surface area contributed by atoms with Gasteiger partial charge < -0.3 is 4.42 Å². The van der Waals surface area contributed by atoms with E-state index in [0.717, 1.165) is 5.56 Å². The summed E-state index contributed by atoms with van der Waals surface area (Å²) in [6.07, 6.45) is 1.77. The van der Waals surface area contributed by atoms with Gasteiger partial charge in [0.25, 0.3) is 5.78 Å². The summed E-state index contributed by atoms with van der Waals surface area (Å²) in [4.78, 5) is 21.0. The Morgan fingerprint density at radius 2 is 2.08 bits per heavy atom. The fourth-order valence-corrected chi connectivity index (χ4v) is 0.917. The van der Waals surface area contributed by atoms with Crippen LogP contribution < -0.4 is 0 Å². The fraction of sp³-hybridized carbons (Fsp3) is 0.400. The van der Waals surface area contributed by atoms with E-state index in [2.05, 4.69) is 0 Å². The third kappa shape index (κ3) is 2.05. The summed E-state index contributed by atoms with van der Waals surface area (Å²) in [7, 11) is 0. The standard InChI is InChI=1S/C10H12O3/c1-10(2,3)7-4-9(13-6-7)8(12)5-11/h4-6H,1-3H3. The monoisotopic (exact) mass is 180 g/mol. The predicted octanol–water partition coefficient (Wildman–Crippen LogP) is 1.96. The average molecular weight is 180 g/mol. The molecule has 0 bridgehead atoms. The molecule has 0 saturated carbocycles. The maximum atomic E-state index is 10.9. The smallest absolute Gasteiger partial charge is 0.260 e. The summed E-state index contributed by atoms with van der Waals surface area (Å²) in [5, 5.41) is 0. The van der Waals surface area contributed by atoms with Crippen molar-refractivity contribution in [2.24, 2.45) is 0 Å². The number of rotatable bonds is 2. The summed E-state index contributed by atoms with van der Waals surface area (Å²) in [5.41, 5.74) is 0.850. The number of ketones is 1. The lowest BCUT2D eigenvalue weighted by atomic mass is 9.89. The van der Waals surface area contributed by atoms with Gasteiger partial charge in [0.05, 0.1) is 6.26 Å². The highest BCUT2D eigenvalue weighted by Crippen LogP contribution is 2.24. The quantitative estimate of drug-likeness (QED) is 0.397. The van der Waals surface area contributed by atoms with Crippen molar-refractivity contribution >= 4 is 12.1 Å². The van der Waals surface area contributed by atoms with Gasteiger partial charge in [0.1, 0.15) is 0 Å². The average Bonchev–Trinajstić information content (AvgIpc) is 2.50. The van der Waals surface area contributed by atoms with Crippen molar-refractivity contribution < 1.29 is 14.0 Å². The Hall–Kier alpha value is -1.38. The zero-order chi connectivity index (χ0) is 10.1. The normalized spacial score (nSPS) is 11.3. The number of aldehydes is 1. The highest BCUT2D eigenvalue weighted by Gasteiger charge is 2.18. The van der Waals surface area contributed by atoms with E-state index in [9.17, 15) is 9.59 Å². The molecule has 1 aromatic heterocycles. The Morgan fingerprint density at radius 3 is 2.46 bits per heavy atom. The van der Waals surface area contributed by atoms with E-state index in [1.807, 2.05) is 20.8 Å². The molecule has 0 spiro atoms. The molecule has 0 aliphatic rings. The molecule has 0 amide bonds. The second-order valence-electron chi connectivity index (χ2n) is 3.93. The minimum absolute atomic E-state index is 0.0646. The summed E-state index contributed by atoms with van der Waals surface area (Å²) < 4.78 is 4.96. The number of carbonyl (C=O) groups excluding carboxylic acids is 2. The lowest BCUT2D eigenvalue weighted by molar-refractivity contribution is -0.104. The molecule has 3 nitrogen and oxygen atoms in total. The van der Waals surface area contributed by atoms with Crippen molar-refractivity contribution in [3.05, 3.63) is 23.7 Å². The van der Waals surface area contributed by atoms with Crippen LogP contribution >= 0.6 is 0 Å². The molecule has 0 radical (unpaired) electrons. The van der Waals surface area contributed by atoms with E-state index >= 15 is 0 Å². The molecule has 0 fully saturated rings. The van der Waals surface area contributed by atoms with Crippen LogP contribution in [-0.4, -0.2) is 12.1 Å².